The molecule has 0 aliphatic heterocycles. The zero-order valence-electron chi connectivity index (χ0n) is 17.3. The Balaban J connectivity index is 1.62. The fraction of sp³-hybridized carbons (Fsp3) is 0.208. The van der Waals surface area contributed by atoms with Crippen LogP contribution >= 0.6 is 0 Å². The lowest BCUT2D eigenvalue weighted by molar-refractivity contribution is 0.0950. The van der Waals surface area contributed by atoms with Crippen molar-refractivity contribution in [2.24, 2.45) is 0 Å². The first kappa shape index (κ1) is 21.2. The molecular formula is C24H25FN2O3. The Bertz CT molecular complexity index is 1010. The molecular weight excluding hydrogens is 383 g/mol. The first-order chi connectivity index (χ1) is 14.5. The van der Waals surface area contributed by atoms with Gasteiger partial charge in [-0.25, -0.2) is 4.39 Å². The van der Waals surface area contributed by atoms with Crippen LogP contribution in [-0.2, 0) is 13.2 Å². The number of nitrogens with one attached hydrogen (secondary N) is 1. The summed E-state index contributed by atoms with van der Waals surface area (Å²) in [7, 11) is 5.07. The lowest BCUT2D eigenvalue weighted by Gasteiger charge is -2.14. The van der Waals surface area contributed by atoms with Gasteiger partial charge in [-0.15, -0.1) is 0 Å². The molecule has 0 fully saturated rings. The second-order valence-electron chi connectivity index (χ2n) is 7.00. The number of carbonyl (C=O) groups excluding carboxylic acids is 1. The Morgan fingerprint density at radius 3 is 2.40 bits per heavy atom. The maximum Gasteiger partial charge on any atom is 0.251 e. The third-order valence-electron chi connectivity index (χ3n) is 4.61. The van der Waals surface area contributed by atoms with Crippen LogP contribution in [-0.4, -0.2) is 27.1 Å². The molecule has 0 aliphatic rings. The molecule has 3 aromatic rings. The highest BCUT2D eigenvalue weighted by atomic mass is 19.1. The van der Waals surface area contributed by atoms with E-state index in [1.54, 1.807) is 38.2 Å². The number of anilines is 1. The summed E-state index contributed by atoms with van der Waals surface area (Å²) in [6.07, 6.45) is 0. The average Bonchev–Trinajstić information content (AvgIpc) is 2.76. The number of amides is 1. The number of rotatable bonds is 8. The SMILES string of the molecule is COc1cc(CNC(=O)c2ccc(N(C)C)c(F)c2)ccc1OCc1ccccc1. The molecule has 0 atom stereocenters. The highest BCUT2D eigenvalue weighted by molar-refractivity contribution is 5.94. The zero-order chi connectivity index (χ0) is 21.5. The summed E-state index contributed by atoms with van der Waals surface area (Å²) in [5.41, 5.74) is 2.61. The predicted octanol–water partition coefficient (Wildman–Crippen LogP) is 4.41. The van der Waals surface area contributed by atoms with Gasteiger partial charge >= 0.3 is 0 Å². The van der Waals surface area contributed by atoms with Crippen LogP contribution in [0.25, 0.3) is 0 Å². The molecule has 0 bridgehead atoms. The number of ether oxygens (including phenoxy) is 2. The zero-order valence-corrected chi connectivity index (χ0v) is 17.3. The summed E-state index contributed by atoms with van der Waals surface area (Å²) >= 11 is 0. The van der Waals surface area contributed by atoms with Crippen molar-refractivity contribution < 1.29 is 18.7 Å². The lowest BCUT2D eigenvalue weighted by Crippen LogP contribution is -2.23. The van der Waals surface area contributed by atoms with E-state index >= 15 is 0 Å². The van der Waals surface area contributed by atoms with E-state index in [1.165, 1.54) is 6.07 Å². The number of nitrogens with zero attached hydrogens (tertiary/aromatic N) is 1. The molecule has 156 valence electrons. The van der Waals surface area contributed by atoms with Crippen LogP contribution in [0.3, 0.4) is 0 Å². The summed E-state index contributed by atoms with van der Waals surface area (Å²) in [6.45, 7) is 0.715. The van der Waals surface area contributed by atoms with Crippen LogP contribution in [0.2, 0.25) is 0 Å². The molecule has 1 amide bonds. The molecule has 0 saturated heterocycles. The Labute approximate surface area is 176 Å². The molecule has 0 unspecified atom stereocenters. The Morgan fingerprint density at radius 1 is 0.967 bits per heavy atom. The van der Waals surface area contributed by atoms with E-state index in [0.29, 0.717) is 23.8 Å². The highest BCUT2D eigenvalue weighted by Gasteiger charge is 2.12. The number of benzene rings is 3. The average molecular weight is 408 g/mol. The van der Waals surface area contributed by atoms with Crippen molar-refractivity contribution in [2.75, 3.05) is 26.1 Å². The fourth-order valence-corrected chi connectivity index (χ4v) is 2.97. The van der Waals surface area contributed by atoms with Gasteiger partial charge in [0.25, 0.3) is 5.91 Å². The Morgan fingerprint density at radius 2 is 1.73 bits per heavy atom. The monoisotopic (exact) mass is 408 g/mol. The summed E-state index contributed by atoms with van der Waals surface area (Å²) in [4.78, 5) is 14.0. The number of carbonyl (C=O) groups is 1. The fourth-order valence-electron chi connectivity index (χ4n) is 2.97. The molecule has 0 aliphatic carbocycles. The first-order valence-electron chi connectivity index (χ1n) is 9.56. The third kappa shape index (κ3) is 5.29. The van der Waals surface area contributed by atoms with Gasteiger partial charge in [0.1, 0.15) is 12.4 Å². The van der Waals surface area contributed by atoms with E-state index in [-0.39, 0.29) is 18.0 Å². The number of hydrogen-bond donors (Lipinski definition) is 1. The third-order valence-corrected chi connectivity index (χ3v) is 4.61. The summed E-state index contributed by atoms with van der Waals surface area (Å²) in [5, 5.41) is 2.80. The predicted molar refractivity (Wildman–Crippen MR) is 116 cm³/mol. The van der Waals surface area contributed by atoms with E-state index in [2.05, 4.69) is 5.32 Å². The van der Waals surface area contributed by atoms with Crippen molar-refractivity contribution in [3.05, 3.63) is 89.2 Å². The van der Waals surface area contributed by atoms with Gasteiger partial charge in [0.15, 0.2) is 11.5 Å². The Hall–Kier alpha value is -3.54. The van der Waals surface area contributed by atoms with Crippen LogP contribution in [0.1, 0.15) is 21.5 Å². The van der Waals surface area contributed by atoms with E-state index < -0.39 is 5.82 Å². The maximum absolute atomic E-state index is 14.1. The minimum atomic E-state index is -0.436. The maximum atomic E-state index is 14.1. The highest BCUT2D eigenvalue weighted by Crippen LogP contribution is 2.29. The molecule has 30 heavy (non-hydrogen) atoms. The minimum absolute atomic E-state index is 0.271. The van der Waals surface area contributed by atoms with Crippen molar-refractivity contribution in [1.82, 2.24) is 5.32 Å². The minimum Gasteiger partial charge on any atom is -0.493 e. The topological polar surface area (TPSA) is 50.8 Å². The van der Waals surface area contributed by atoms with Gasteiger partial charge in [0.2, 0.25) is 0 Å². The second-order valence-corrected chi connectivity index (χ2v) is 7.00. The first-order valence-corrected chi connectivity index (χ1v) is 9.56. The van der Waals surface area contributed by atoms with Crippen LogP contribution in [0.5, 0.6) is 11.5 Å². The van der Waals surface area contributed by atoms with E-state index in [1.807, 2.05) is 48.5 Å². The molecule has 3 rings (SSSR count). The van der Waals surface area contributed by atoms with Gasteiger partial charge in [0.05, 0.1) is 12.8 Å². The van der Waals surface area contributed by atoms with E-state index in [4.69, 9.17) is 9.47 Å². The van der Waals surface area contributed by atoms with Crippen LogP contribution in [0, 0.1) is 5.82 Å². The largest absolute Gasteiger partial charge is 0.493 e. The van der Waals surface area contributed by atoms with Gasteiger partial charge in [-0.1, -0.05) is 36.4 Å². The molecule has 0 spiro atoms. The molecule has 1 N–H and O–H groups in total. The summed E-state index contributed by atoms with van der Waals surface area (Å²) in [6, 6.07) is 19.8. The second kappa shape index (κ2) is 9.78. The van der Waals surface area contributed by atoms with Gasteiger partial charge < -0.3 is 19.7 Å². The van der Waals surface area contributed by atoms with Crippen molar-refractivity contribution in [2.45, 2.75) is 13.2 Å². The number of halogens is 1. The number of methoxy groups -OCH3 is 1. The molecule has 0 heterocycles. The lowest BCUT2D eigenvalue weighted by atomic mass is 10.1. The van der Waals surface area contributed by atoms with Gasteiger partial charge in [-0.3, -0.25) is 4.79 Å². The number of hydrogen-bond acceptors (Lipinski definition) is 4. The molecule has 0 radical (unpaired) electrons. The van der Waals surface area contributed by atoms with Crippen LogP contribution < -0.4 is 19.7 Å². The van der Waals surface area contributed by atoms with Gasteiger partial charge in [-0.05, 0) is 41.5 Å². The van der Waals surface area contributed by atoms with Gasteiger partial charge in [0, 0.05) is 26.2 Å². The summed E-state index contributed by atoms with van der Waals surface area (Å²) in [5.74, 6) is 0.425. The van der Waals surface area contributed by atoms with Crippen molar-refractivity contribution in [1.29, 1.82) is 0 Å². The van der Waals surface area contributed by atoms with Crippen LogP contribution in [0.4, 0.5) is 10.1 Å². The normalized spacial score (nSPS) is 10.4. The van der Waals surface area contributed by atoms with E-state index in [9.17, 15) is 9.18 Å². The molecule has 0 aromatic heterocycles. The molecule has 6 heteroatoms. The molecule has 3 aromatic carbocycles. The molecule has 5 nitrogen and oxygen atoms in total. The summed E-state index contributed by atoms with van der Waals surface area (Å²) < 4.78 is 25.4. The molecule has 0 saturated carbocycles. The van der Waals surface area contributed by atoms with E-state index in [0.717, 1.165) is 11.1 Å². The van der Waals surface area contributed by atoms with Crippen molar-refractivity contribution in [3.63, 3.8) is 0 Å². The van der Waals surface area contributed by atoms with Gasteiger partial charge in [-0.2, -0.15) is 0 Å². The van der Waals surface area contributed by atoms with Crippen LogP contribution in [0.15, 0.2) is 66.7 Å². The van der Waals surface area contributed by atoms with Crippen molar-refractivity contribution >= 4 is 11.6 Å². The standard InChI is InChI=1S/C24H25FN2O3/c1-27(2)21-11-10-19(14-20(21)25)24(28)26-15-18-9-12-22(23(13-18)29-3)30-16-17-7-5-4-6-8-17/h4-14H,15-16H2,1-3H3,(H,26,28). The van der Waals surface area contributed by atoms with Crippen molar-refractivity contribution in [3.8, 4) is 11.5 Å². The Kier molecular flexibility index (Phi) is 6.91. The smallest absolute Gasteiger partial charge is 0.251 e. The quantitative estimate of drug-likeness (QED) is 0.600.